The van der Waals surface area contributed by atoms with Crippen molar-refractivity contribution < 1.29 is 23.8 Å². The van der Waals surface area contributed by atoms with E-state index in [9.17, 15) is 9.59 Å². The molecule has 5 nitrogen and oxygen atoms in total. The minimum atomic E-state index is -0.461. The van der Waals surface area contributed by atoms with Gasteiger partial charge < -0.3 is 14.2 Å². The number of rotatable bonds is 4. The van der Waals surface area contributed by atoms with E-state index in [1.165, 1.54) is 20.3 Å². The van der Waals surface area contributed by atoms with Crippen LogP contribution in [-0.4, -0.2) is 26.0 Å². The van der Waals surface area contributed by atoms with Crippen LogP contribution in [0, 0.1) is 0 Å². The lowest BCUT2D eigenvalue weighted by molar-refractivity contribution is 0.0715. The van der Waals surface area contributed by atoms with Crippen molar-refractivity contribution >= 4 is 17.5 Å². The van der Waals surface area contributed by atoms with Crippen molar-refractivity contribution in [3.63, 3.8) is 0 Å². The van der Waals surface area contributed by atoms with Crippen molar-refractivity contribution in [2.75, 3.05) is 14.2 Å². The van der Waals surface area contributed by atoms with Crippen molar-refractivity contribution in [1.29, 1.82) is 0 Å². The summed E-state index contributed by atoms with van der Waals surface area (Å²) in [7, 11) is 3.00. The van der Waals surface area contributed by atoms with Gasteiger partial charge in [0, 0.05) is 11.6 Å². The highest BCUT2D eigenvalue weighted by molar-refractivity contribution is 6.13. The van der Waals surface area contributed by atoms with Gasteiger partial charge in [-0.2, -0.15) is 0 Å². The Bertz CT molecular complexity index is 820. The van der Waals surface area contributed by atoms with Gasteiger partial charge in [0.25, 0.3) is 0 Å². The van der Waals surface area contributed by atoms with E-state index in [0.717, 1.165) is 0 Å². The molecule has 0 unspecified atom stereocenters. The van der Waals surface area contributed by atoms with Crippen LogP contribution in [0.25, 0.3) is 5.76 Å². The molecular weight excluding hydrogens is 296 g/mol. The predicted octanol–water partition coefficient (Wildman–Crippen LogP) is 3.10. The molecule has 0 N–H and O–H groups in total. The molecule has 1 aliphatic rings. The summed E-state index contributed by atoms with van der Waals surface area (Å²) in [6, 6.07) is 11.9. The number of methoxy groups -OCH3 is 2. The first kappa shape index (κ1) is 14.8. The van der Waals surface area contributed by atoms with Crippen molar-refractivity contribution in [2.45, 2.75) is 0 Å². The lowest BCUT2D eigenvalue weighted by Crippen LogP contribution is -2.01. The number of fused-ring (bicyclic) bond motifs is 1. The fourth-order valence-corrected chi connectivity index (χ4v) is 2.40. The van der Waals surface area contributed by atoms with Crippen LogP contribution in [-0.2, 0) is 4.74 Å². The molecule has 116 valence electrons. The number of hydrogen-bond donors (Lipinski definition) is 0. The Morgan fingerprint density at radius 1 is 1.04 bits per heavy atom. The Labute approximate surface area is 133 Å². The molecule has 0 saturated heterocycles. The molecule has 0 spiro atoms. The topological polar surface area (TPSA) is 61.8 Å². The molecule has 0 amide bonds. The average molecular weight is 310 g/mol. The summed E-state index contributed by atoms with van der Waals surface area (Å²) in [6.45, 7) is 0. The van der Waals surface area contributed by atoms with Crippen molar-refractivity contribution in [3.8, 4) is 11.5 Å². The second kappa shape index (κ2) is 5.96. The number of esters is 1. The fraction of sp³-hybridized carbons (Fsp3) is 0.111. The van der Waals surface area contributed by atoms with Crippen molar-refractivity contribution in [2.24, 2.45) is 0 Å². The number of ketones is 1. The maximum Gasteiger partial charge on any atom is 0.344 e. The van der Waals surface area contributed by atoms with Gasteiger partial charge in [-0.05, 0) is 24.3 Å². The molecule has 1 aliphatic heterocycles. The number of carbonyl (C=O) groups is 2. The summed E-state index contributed by atoms with van der Waals surface area (Å²) in [6.07, 6.45) is 1.29. The van der Waals surface area contributed by atoms with Crippen LogP contribution in [0.5, 0.6) is 11.5 Å². The summed E-state index contributed by atoms with van der Waals surface area (Å²) in [5, 5.41) is 0. The first-order valence-electron chi connectivity index (χ1n) is 6.93. The molecular formula is C18H14O5. The van der Waals surface area contributed by atoms with E-state index in [0.29, 0.717) is 28.2 Å². The minimum absolute atomic E-state index is 0.237. The predicted molar refractivity (Wildman–Crippen MR) is 83.7 cm³/mol. The van der Waals surface area contributed by atoms with E-state index in [4.69, 9.17) is 14.2 Å². The molecule has 5 heteroatoms. The molecule has 2 aromatic rings. The van der Waals surface area contributed by atoms with E-state index in [1.54, 1.807) is 42.5 Å². The van der Waals surface area contributed by atoms with Gasteiger partial charge in [0.1, 0.15) is 17.3 Å². The molecule has 2 aromatic carbocycles. The highest BCUT2D eigenvalue weighted by atomic mass is 16.5. The third-order valence-electron chi connectivity index (χ3n) is 3.55. The average Bonchev–Trinajstić information content (AvgIpc) is 2.90. The zero-order valence-corrected chi connectivity index (χ0v) is 12.7. The molecule has 0 atom stereocenters. The Kier molecular flexibility index (Phi) is 3.85. The van der Waals surface area contributed by atoms with Crippen LogP contribution in [0.15, 0.2) is 48.5 Å². The number of ether oxygens (including phenoxy) is 3. The first-order chi connectivity index (χ1) is 11.1. The second-order valence-corrected chi connectivity index (χ2v) is 4.87. The van der Waals surface area contributed by atoms with Gasteiger partial charge in [0.2, 0.25) is 0 Å². The third kappa shape index (κ3) is 2.68. The highest BCUT2D eigenvalue weighted by Crippen LogP contribution is 2.31. The van der Waals surface area contributed by atoms with Crippen LogP contribution in [0.3, 0.4) is 0 Å². The summed E-state index contributed by atoms with van der Waals surface area (Å²) in [4.78, 5) is 24.4. The Morgan fingerprint density at radius 2 is 1.78 bits per heavy atom. The number of allylic oxidation sites excluding steroid dienone is 1. The molecule has 0 bridgehead atoms. The minimum Gasteiger partial charge on any atom is -0.497 e. The van der Waals surface area contributed by atoms with Gasteiger partial charge >= 0.3 is 5.97 Å². The van der Waals surface area contributed by atoms with Crippen LogP contribution < -0.4 is 9.47 Å². The first-order valence-corrected chi connectivity index (χ1v) is 6.93. The maximum atomic E-state index is 12.6. The van der Waals surface area contributed by atoms with Gasteiger partial charge in [-0.25, -0.2) is 4.79 Å². The van der Waals surface area contributed by atoms with Gasteiger partial charge in [0.05, 0.1) is 25.3 Å². The van der Waals surface area contributed by atoms with Gasteiger partial charge in [0.15, 0.2) is 5.78 Å². The third-order valence-corrected chi connectivity index (χ3v) is 3.55. The zero-order chi connectivity index (χ0) is 16.4. The molecule has 23 heavy (non-hydrogen) atoms. The van der Waals surface area contributed by atoms with Gasteiger partial charge in [-0.15, -0.1) is 0 Å². The van der Waals surface area contributed by atoms with E-state index in [1.807, 2.05) is 0 Å². The Morgan fingerprint density at radius 3 is 2.48 bits per heavy atom. The SMILES string of the molecule is COc1ccc(OC)c(C(=O)C=C2OC(=O)c3ccccc32)c1. The van der Waals surface area contributed by atoms with Crippen molar-refractivity contribution in [1.82, 2.24) is 0 Å². The lowest BCUT2D eigenvalue weighted by Gasteiger charge is -2.08. The number of carbonyl (C=O) groups excluding carboxylic acids is 2. The summed E-state index contributed by atoms with van der Waals surface area (Å²) in [5.74, 6) is 0.402. The highest BCUT2D eigenvalue weighted by Gasteiger charge is 2.27. The lowest BCUT2D eigenvalue weighted by atomic mass is 10.0. The van der Waals surface area contributed by atoms with Crippen LogP contribution in [0.2, 0.25) is 0 Å². The molecule has 0 fully saturated rings. The summed E-state index contributed by atoms with van der Waals surface area (Å²) in [5.41, 5.74) is 1.39. The van der Waals surface area contributed by atoms with Crippen LogP contribution >= 0.6 is 0 Å². The van der Waals surface area contributed by atoms with E-state index < -0.39 is 5.97 Å². The second-order valence-electron chi connectivity index (χ2n) is 4.87. The molecule has 3 rings (SSSR count). The molecule has 0 aromatic heterocycles. The molecule has 0 radical (unpaired) electrons. The van der Waals surface area contributed by atoms with Crippen LogP contribution in [0.4, 0.5) is 0 Å². The van der Waals surface area contributed by atoms with Crippen LogP contribution in [0.1, 0.15) is 26.3 Å². The maximum absolute atomic E-state index is 12.6. The van der Waals surface area contributed by atoms with E-state index in [-0.39, 0.29) is 11.5 Å². The van der Waals surface area contributed by atoms with E-state index in [2.05, 4.69) is 0 Å². The van der Waals surface area contributed by atoms with Gasteiger partial charge in [-0.1, -0.05) is 18.2 Å². The molecule has 0 aliphatic carbocycles. The Hall–Kier alpha value is -3.08. The monoisotopic (exact) mass is 310 g/mol. The smallest absolute Gasteiger partial charge is 0.344 e. The molecule has 1 heterocycles. The number of benzene rings is 2. The molecule has 0 saturated carbocycles. The van der Waals surface area contributed by atoms with Gasteiger partial charge in [-0.3, -0.25) is 4.79 Å². The summed E-state index contributed by atoms with van der Waals surface area (Å²) >= 11 is 0. The zero-order valence-electron chi connectivity index (χ0n) is 12.7. The largest absolute Gasteiger partial charge is 0.497 e. The summed E-state index contributed by atoms with van der Waals surface area (Å²) < 4.78 is 15.5. The quantitative estimate of drug-likeness (QED) is 0.493. The Balaban J connectivity index is 2.01. The fourth-order valence-electron chi connectivity index (χ4n) is 2.40. The number of cyclic esters (lactones) is 1. The normalized spacial score (nSPS) is 14.3. The number of hydrogen-bond acceptors (Lipinski definition) is 5. The van der Waals surface area contributed by atoms with E-state index >= 15 is 0 Å². The standard InChI is InChI=1S/C18H14O5/c1-21-11-7-8-16(22-2)14(9-11)15(19)10-17-12-5-3-4-6-13(12)18(20)23-17/h3-10H,1-2H3. The van der Waals surface area contributed by atoms with Crippen molar-refractivity contribution in [3.05, 3.63) is 65.2 Å².